The summed E-state index contributed by atoms with van der Waals surface area (Å²) in [6.45, 7) is 0. The number of imide groups is 1. The highest BCUT2D eigenvalue weighted by Crippen LogP contribution is 2.49. The molecule has 1 aliphatic carbocycles. The molecular formula is C13H11NO5. The number of hydrogen-bond acceptors (Lipinski definition) is 4. The molecule has 6 heteroatoms. The summed E-state index contributed by atoms with van der Waals surface area (Å²) in [4.78, 5) is 36.2. The number of aromatic carboxylic acids is 1. The standard InChI is InChI=1S/C13H11NO5/c1-19-6-2-3-10(9(4-6)13(17)18)14-11(15)7-5-8(7)12(14)16/h2-4,7-8H,5H2,1H3,(H,17,18). The van der Waals surface area contributed by atoms with Crippen LogP contribution < -0.4 is 9.64 Å². The molecule has 1 aliphatic heterocycles. The van der Waals surface area contributed by atoms with Gasteiger partial charge in [0.25, 0.3) is 0 Å². The predicted octanol–water partition coefficient (Wildman–Crippen LogP) is 0.903. The Kier molecular flexibility index (Phi) is 2.35. The SMILES string of the molecule is COc1ccc(N2C(=O)C3CC3C2=O)c(C(=O)O)c1. The Morgan fingerprint density at radius 2 is 1.95 bits per heavy atom. The number of benzene rings is 1. The van der Waals surface area contributed by atoms with Crippen LogP contribution in [0.3, 0.4) is 0 Å². The summed E-state index contributed by atoms with van der Waals surface area (Å²) in [6, 6.07) is 4.28. The summed E-state index contributed by atoms with van der Waals surface area (Å²) in [5.74, 6) is -1.95. The van der Waals surface area contributed by atoms with E-state index < -0.39 is 5.97 Å². The highest BCUT2D eigenvalue weighted by molar-refractivity contribution is 6.26. The number of anilines is 1. The van der Waals surface area contributed by atoms with Gasteiger partial charge in [-0.15, -0.1) is 0 Å². The van der Waals surface area contributed by atoms with Crippen LogP contribution in [0.25, 0.3) is 0 Å². The van der Waals surface area contributed by atoms with Gasteiger partial charge in [0.2, 0.25) is 11.8 Å². The Balaban J connectivity index is 2.07. The van der Waals surface area contributed by atoms with Gasteiger partial charge in [0.05, 0.1) is 30.2 Å². The van der Waals surface area contributed by atoms with Crippen molar-refractivity contribution < 1.29 is 24.2 Å². The van der Waals surface area contributed by atoms with Crippen molar-refractivity contribution in [3.8, 4) is 5.75 Å². The summed E-state index contributed by atoms with van der Waals surface area (Å²) < 4.78 is 4.95. The predicted molar refractivity (Wildman–Crippen MR) is 64.0 cm³/mol. The first kappa shape index (κ1) is 11.7. The molecule has 2 fully saturated rings. The fourth-order valence-corrected chi connectivity index (χ4v) is 2.43. The molecule has 6 nitrogen and oxygen atoms in total. The van der Waals surface area contributed by atoms with Crippen LogP contribution >= 0.6 is 0 Å². The van der Waals surface area contributed by atoms with Crippen molar-refractivity contribution in [2.24, 2.45) is 11.8 Å². The van der Waals surface area contributed by atoms with E-state index in [4.69, 9.17) is 4.74 Å². The molecule has 1 aromatic rings. The molecule has 2 atom stereocenters. The molecule has 3 rings (SSSR count). The second kappa shape index (κ2) is 3.81. The van der Waals surface area contributed by atoms with E-state index in [1.165, 1.54) is 25.3 Å². The fourth-order valence-electron chi connectivity index (χ4n) is 2.43. The number of methoxy groups -OCH3 is 1. The molecule has 1 aromatic carbocycles. The topological polar surface area (TPSA) is 83.9 Å². The second-order valence-electron chi connectivity index (χ2n) is 4.65. The Morgan fingerprint density at radius 1 is 1.32 bits per heavy atom. The smallest absolute Gasteiger partial charge is 0.337 e. The minimum Gasteiger partial charge on any atom is -0.497 e. The van der Waals surface area contributed by atoms with E-state index in [-0.39, 0.29) is 34.9 Å². The lowest BCUT2D eigenvalue weighted by molar-refractivity contribution is -0.123. The van der Waals surface area contributed by atoms with Crippen molar-refractivity contribution in [3.63, 3.8) is 0 Å². The van der Waals surface area contributed by atoms with Crippen LogP contribution in [-0.2, 0) is 9.59 Å². The third kappa shape index (κ3) is 1.60. The van der Waals surface area contributed by atoms with Crippen molar-refractivity contribution in [1.82, 2.24) is 0 Å². The molecule has 0 aromatic heterocycles. The maximum Gasteiger partial charge on any atom is 0.337 e. The van der Waals surface area contributed by atoms with Gasteiger partial charge in [-0.2, -0.15) is 0 Å². The van der Waals surface area contributed by atoms with Crippen LogP contribution in [0.2, 0.25) is 0 Å². The number of carboxylic acid groups (broad SMARTS) is 1. The van der Waals surface area contributed by atoms with Crippen molar-refractivity contribution in [3.05, 3.63) is 23.8 Å². The third-order valence-corrected chi connectivity index (χ3v) is 3.54. The van der Waals surface area contributed by atoms with Gasteiger partial charge in [0.1, 0.15) is 5.75 Å². The Hall–Kier alpha value is -2.37. The number of carbonyl (C=O) groups is 3. The van der Waals surface area contributed by atoms with Crippen LogP contribution in [0.4, 0.5) is 5.69 Å². The fraction of sp³-hybridized carbons (Fsp3) is 0.308. The normalized spacial score (nSPS) is 24.4. The Bertz CT molecular complexity index is 589. The molecule has 1 N–H and O–H groups in total. The number of carbonyl (C=O) groups excluding carboxylic acids is 2. The van der Waals surface area contributed by atoms with Gasteiger partial charge in [-0.05, 0) is 24.6 Å². The highest BCUT2D eigenvalue weighted by atomic mass is 16.5. The molecule has 1 heterocycles. The minimum atomic E-state index is -1.20. The van der Waals surface area contributed by atoms with Crippen LogP contribution in [0.15, 0.2) is 18.2 Å². The molecule has 0 bridgehead atoms. The van der Waals surface area contributed by atoms with Gasteiger partial charge >= 0.3 is 5.97 Å². The van der Waals surface area contributed by atoms with Crippen molar-refractivity contribution >= 4 is 23.5 Å². The van der Waals surface area contributed by atoms with Gasteiger partial charge in [-0.1, -0.05) is 0 Å². The second-order valence-corrected chi connectivity index (χ2v) is 4.65. The molecule has 2 aliphatic rings. The van der Waals surface area contributed by atoms with Crippen LogP contribution in [0.1, 0.15) is 16.8 Å². The maximum atomic E-state index is 12.0. The molecule has 19 heavy (non-hydrogen) atoms. The first-order valence-electron chi connectivity index (χ1n) is 5.83. The summed E-state index contributed by atoms with van der Waals surface area (Å²) >= 11 is 0. The average molecular weight is 261 g/mol. The van der Waals surface area contributed by atoms with Crippen molar-refractivity contribution in [2.75, 3.05) is 12.0 Å². The van der Waals surface area contributed by atoms with E-state index in [0.29, 0.717) is 12.2 Å². The highest BCUT2D eigenvalue weighted by Gasteiger charge is 2.59. The van der Waals surface area contributed by atoms with Crippen molar-refractivity contribution in [2.45, 2.75) is 6.42 Å². The monoisotopic (exact) mass is 261 g/mol. The van der Waals surface area contributed by atoms with Gasteiger partial charge in [0, 0.05) is 0 Å². The number of ether oxygens (including phenoxy) is 1. The van der Waals surface area contributed by atoms with Gasteiger partial charge in [0.15, 0.2) is 0 Å². The van der Waals surface area contributed by atoms with E-state index >= 15 is 0 Å². The number of rotatable bonds is 3. The zero-order valence-electron chi connectivity index (χ0n) is 10.1. The van der Waals surface area contributed by atoms with Gasteiger partial charge in [-0.3, -0.25) is 9.59 Å². The number of hydrogen-bond donors (Lipinski definition) is 1. The Morgan fingerprint density at radius 3 is 2.47 bits per heavy atom. The molecule has 0 spiro atoms. The number of carboxylic acids is 1. The summed E-state index contributed by atoms with van der Waals surface area (Å²) in [6.07, 6.45) is 0.590. The molecule has 1 saturated carbocycles. The lowest BCUT2D eigenvalue weighted by Crippen LogP contribution is -2.34. The molecule has 2 unspecified atom stereocenters. The molecule has 1 saturated heterocycles. The van der Waals surface area contributed by atoms with E-state index in [1.54, 1.807) is 0 Å². The summed E-state index contributed by atoms with van der Waals surface area (Å²) in [5.41, 5.74) is 0.0119. The van der Waals surface area contributed by atoms with Crippen LogP contribution in [0.5, 0.6) is 5.75 Å². The minimum absolute atomic E-state index is 0.109. The molecule has 0 radical (unpaired) electrons. The summed E-state index contributed by atoms with van der Waals surface area (Å²) in [5, 5.41) is 9.19. The number of piperidine rings is 1. The quantitative estimate of drug-likeness (QED) is 0.817. The zero-order valence-corrected chi connectivity index (χ0v) is 10.1. The number of nitrogens with zero attached hydrogens (tertiary/aromatic N) is 1. The lowest BCUT2D eigenvalue weighted by Gasteiger charge is -2.19. The van der Waals surface area contributed by atoms with Crippen molar-refractivity contribution in [1.29, 1.82) is 0 Å². The number of amides is 2. The lowest BCUT2D eigenvalue weighted by atomic mass is 10.1. The molecule has 98 valence electrons. The largest absolute Gasteiger partial charge is 0.497 e. The third-order valence-electron chi connectivity index (χ3n) is 3.54. The Labute approximate surface area is 108 Å². The first-order valence-corrected chi connectivity index (χ1v) is 5.83. The first-order chi connectivity index (χ1) is 9.04. The van der Waals surface area contributed by atoms with E-state index in [0.717, 1.165) is 4.90 Å². The van der Waals surface area contributed by atoms with Gasteiger partial charge < -0.3 is 9.84 Å². The van der Waals surface area contributed by atoms with E-state index in [2.05, 4.69) is 0 Å². The van der Waals surface area contributed by atoms with E-state index in [9.17, 15) is 19.5 Å². The van der Waals surface area contributed by atoms with E-state index in [1.807, 2.05) is 0 Å². The van der Waals surface area contributed by atoms with Crippen LogP contribution in [0, 0.1) is 11.8 Å². The maximum absolute atomic E-state index is 12.0. The molecular weight excluding hydrogens is 250 g/mol. The van der Waals surface area contributed by atoms with Crippen LogP contribution in [-0.4, -0.2) is 30.0 Å². The zero-order chi connectivity index (χ0) is 13.7. The number of fused-ring (bicyclic) bond motifs is 1. The average Bonchev–Trinajstić information content (AvgIpc) is 3.14. The summed E-state index contributed by atoms with van der Waals surface area (Å²) in [7, 11) is 1.42. The van der Waals surface area contributed by atoms with Gasteiger partial charge in [-0.25, -0.2) is 9.69 Å². The molecule has 2 amide bonds.